The molecule has 0 spiro atoms. The van der Waals surface area contributed by atoms with Gasteiger partial charge in [0.25, 0.3) is 0 Å². The number of H-pyrrole nitrogens is 1. The highest BCUT2D eigenvalue weighted by atomic mass is 16.5. The van der Waals surface area contributed by atoms with E-state index < -0.39 is 11.0 Å². The van der Waals surface area contributed by atoms with Crippen LogP contribution in [0.2, 0.25) is 0 Å². The van der Waals surface area contributed by atoms with E-state index in [0.29, 0.717) is 23.6 Å². The number of hydroxylamine groups is 1. The van der Waals surface area contributed by atoms with Gasteiger partial charge in [-0.1, -0.05) is 12.1 Å². The summed E-state index contributed by atoms with van der Waals surface area (Å²) in [4.78, 5) is 20.8. The molecule has 2 N–H and O–H groups in total. The predicted molar refractivity (Wildman–Crippen MR) is 126 cm³/mol. The molecule has 0 radical (unpaired) electrons. The number of benzene rings is 2. The van der Waals surface area contributed by atoms with Crippen LogP contribution in [0.1, 0.15) is 17.7 Å². The predicted octanol–water partition coefficient (Wildman–Crippen LogP) is 2.28. The number of aromatic nitrogens is 1. The molecule has 32 heavy (non-hydrogen) atoms. The molecule has 1 saturated heterocycles. The van der Waals surface area contributed by atoms with Crippen molar-refractivity contribution in [1.82, 2.24) is 14.8 Å². The van der Waals surface area contributed by atoms with Gasteiger partial charge in [-0.3, -0.25) is 5.06 Å². The van der Waals surface area contributed by atoms with Crippen molar-refractivity contribution in [3.63, 3.8) is 0 Å². The largest absolute Gasteiger partial charge is 0.621 e. The van der Waals surface area contributed by atoms with E-state index in [0.717, 1.165) is 61.4 Å². The van der Waals surface area contributed by atoms with E-state index in [-0.39, 0.29) is 0 Å². The van der Waals surface area contributed by atoms with Crippen LogP contribution in [-0.2, 0) is 4.79 Å². The number of quaternary nitrogens is 1. The number of carbonyl (C=O) groups excluding carboxylic acids is 1. The Morgan fingerprint density at radius 3 is 2.75 bits per heavy atom. The molecule has 2 aliphatic heterocycles. The summed E-state index contributed by atoms with van der Waals surface area (Å²) in [5.74, 6) is 0.336. The van der Waals surface area contributed by atoms with Crippen molar-refractivity contribution >= 4 is 34.1 Å². The fraction of sp³-hybridized carbons (Fsp3) is 0.320. The van der Waals surface area contributed by atoms with Gasteiger partial charge < -0.3 is 24.7 Å². The molecule has 3 heterocycles. The first kappa shape index (κ1) is 20.9. The molecule has 1 amide bonds. The molecular weight excluding hydrogens is 404 g/mol. The van der Waals surface area contributed by atoms with E-state index in [9.17, 15) is 10.0 Å². The van der Waals surface area contributed by atoms with Gasteiger partial charge in [-0.2, -0.15) is 0 Å². The third-order valence-corrected chi connectivity index (χ3v) is 6.32. The van der Waals surface area contributed by atoms with Crippen LogP contribution in [0.5, 0.6) is 5.75 Å². The van der Waals surface area contributed by atoms with E-state index in [1.54, 1.807) is 18.2 Å². The second-order valence-electron chi connectivity index (χ2n) is 8.58. The van der Waals surface area contributed by atoms with E-state index in [4.69, 9.17) is 4.74 Å². The SMILES string of the molecule is CN1CCN(CCCOc2ccc3[nH]c(C4=Cc5ccccc5[NH+]([O-])C4=O)cc3c2)CC1. The van der Waals surface area contributed by atoms with E-state index >= 15 is 0 Å². The summed E-state index contributed by atoms with van der Waals surface area (Å²) in [6.07, 6.45) is 2.78. The summed E-state index contributed by atoms with van der Waals surface area (Å²) in [7, 11) is 2.17. The van der Waals surface area contributed by atoms with Crippen LogP contribution in [0.4, 0.5) is 5.69 Å². The van der Waals surface area contributed by atoms with Gasteiger partial charge in [-0.15, -0.1) is 0 Å². The Kier molecular flexibility index (Phi) is 5.80. The van der Waals surface area contributed by atoms with E-state index in [1.165, 1.54) is 0 Å². The summed E-state index contributed by atoms with van der Waals surface area (Å²) in [6.45, 7) is 6.22. The zero-order valence-corrected chi connectivity index (χ0v) is 18.3. The summed E-state index contributed by atoms with van der Waals surface area (Å²) in [6, 6.07) is 15.0. The van der Waals surface area contributed by atoms with E-state index in [1.807, 2.05) is 36.4 Å². The Hall–Kier alpha value is -2.97. The summed E-state index contributed by atoms with van der Waals surface area (Å²) in [5.41, 5.74) is 3.20. The number of nitrogens with zero attached hydrogens (tertiary/aromatic N) is 2. The van der Waals surface area contributed by atoms with Gasteiger partial charge in [0.05, 0.1) is 12.3 Å². The number of carbonyl (C=O) groups is 1. The van der Waals surface area contributed by atoms with Gasteiger partial charge in [-0.05, 0) is 49.9 Å². The van der Waals surface area contributed by atoms with Gasteiger partial charge in [0.15, 0.2) is 0 Å². The van der Waals surface area contributed by atoms with Crippen LogP contribution in [-0.4, -0.2) is 67.1 Å². The summed E-state index contributed by atoms with van der Waals surface area (Å²) in [5, 5.41) is 13.0. The first-order chi connectivity index (χ1) is 15.6. The molecule has 0 saturated carbocycles. The number of para-hydroxylation sites is 1. The van der Waals surface area contributed by atoms with Crippen molar-refractivity contribution in [3.8, 4) is 5.75 Å². The molecule has 1 atom stereocenters. The van der Waals surface area contributed by atoms with Crippen molar-refractivity contribution in [2.75, 3.05) is 46.4 Å². The maximum absolute atomic E-state index is 12.7. The van der Waals surface area contributed by atoms with Gasteiger partial charge in [0.1, 0.15) is 17.0 Å². The Bertz CT molecular complexity index is 1160. The number of nitrogens with one attached hydrogen (secondary N) is 2. The lowest BCUT2D eigenvalue weighted by atomic mass is 10.0. The van der Waals surface area contributed by atoms with Crippen LogP contribution in [0.15, 0.2) is 48.5 Å². The van der Waals surface area contributed by atoms with Crippen molar-refractivity contribution in [2.45, 2.75) is 6.42 Å². The lowest BCUT2D eigenvalue weighted by Crippen LogP contribution is -3.05. The number of piperazine rings is 1. The van der Waals surface area contributed by atoms with Crippen molar-refractivity contribution in [1.29, 1.82) is 0 Å². The number of fused-ring (bicyclic) bond motifs is 2. The zero-order valence-electron chi connectivity index (χ0n) is 18.3. The number of amides is 1. The average molecular weight is 433 g/mol. The topological polar surface area (TPSA) is 76.1 Å². The fourth-order valence-electron chi connectivity index (χ4n) is 4.39. The van der Waals surface area contributed by atoms with Gasteiger partial charge in [-0.25, -0.2) is 4.79 Å². The number of ether oxygens (including phenoxy) is 1. The minimum absolute atomic E-state index is 0.402. The van der Waals surface area contributed by atoms with Crippen LogP contribution in [0, 0.1) is 5.21 Å². The standard InChI is InChI=1S/C25H28N4O3/c1-27-10-12-28(13-11-27)9-4-14-32-20-7-8-22-19(15-20)17-23(26-22)21-16-18-5-2-3-6-24(18)29(31)25(21)30/h2-3,5-8,15-17,26,29H,4,9-14H2,1H3. The number of hydrogen-bond acceptors (Lipinski definition) is 5. The maximum atomic E-state index is 12.7. The van der Waals surface area contributed by atoms with Crippen molar-refractivity contribution < 1.29 is 14.6 Å². The Morgan fingerprint density at radius 2 is 1.91 bits per heavy atom. The lowest BCUT2D eigenvalue weighted by molar-refractivity contribution is -0.685. The molecule has 2 aliphatic rings. The Morgan fingerprint density at radius 1 is 1.09 bits per heavy atom. The van der Waals surface area contributed by atoms with Crippen molar-refractivity contribution in [3.05, 3.63) is 65.0 Å². The molecule has 1 fully saturated rings. The number of rotatable bonds is 6. The normalized spacial score (nSPS) is 19.8. The number of hydrogen-bond donors (Lipinski definition) is 2. The summed E-state index contributed by atoms with van der Waals surface area (Å²) < 4.78 is 5.98. The second-order valence-corrected chi connectivity index (χ2v) is 8.58. The van der Waals surface area contributed by atoms with Crippen LogP contribution >= 0.6 is 0 Å². The molecule has 5 rings (SSSR count). The molecule has 3 aromatic rings. The zero-order chi connectivity index (χ0) is 22.1. The van der Waals surface area contributed by atoms with Gasteiger partial charge >= 0.3 is 5.91 Å². The van der Waals surface area contributed by atoms with Crippen molar-refractivity contribution in [2.24, 2.45) is 0 Å². The second kappa shape index (κ2) is 8.88. The highest BCUT2D eigenvalue weighted by Gasteiger charge is 2.28. The van der Waals surface area contributed by atoms with Crippen LogP contribution < -0.4 is 9.80 Å². The smallest absolute Gasteiger partial charge is 0.351 e. The first-order valence-corrected chi connectivity index (χ1v) is 11.1. The molecule has 2 aromatic carbocycles. The monoisotopic (exact) mass is 432 g/mol. The number of likely N-dealkylation sites (N-methyl/N-ethyl adjacent to an activating group) is 1. The van der Waals surface area contributed by atoms with Crippen LogP contribution in [0.3, 0.4) is 0 Å². The molecule has 1 aromatic heterocycles. The highest BCUT2D eigenvalue weighted by molar-refractivity contribution is 6.23. The third kappa shape index (κ3) is 4.20. The van der Waals surface area contributed by atoms with Crippen LogP contribution in [0.25, 0.3) is 22.6 Å². The molecule has 0 bridgehead atoms. The summed E-state index contributed by atoms with van der Waals surface area (Å²) >= 11 is 0. The van der Waals surface area contributed by atoms with E-state index in [2.05, 4.69) is 21.8 Å². The molecule has 1 unspecified atom stereocenters. The quantitative estimate of drug-likeness (QED) is 0.462. The van der Waals surface area contributed by atoms with Gasteiger partial charge in [0.2, 0.25) is 0 Å². The maximum Gasteiger partial charge on any atom is 0.351 e. The molecular formula is C25H28N4O3. The first-order valence-electron chi connectivity index (χ1n) is 11.1. The fourth-order valence-corrected chi connectivity index (χ4v) is 4.39. The Balaban J connectivity index is 1.26. The molecule has 0 aliphatic carbocycles. The minimum atomic E-state index is -0.476. The minimum Gasteiger partial charge on any atom is -0.621 e. The molecule has 7 heteroatoms. The van der Waals surface area contributed by atoms with Gasteiger partial charge in [0, 0.05) is 55.3 Å². The average Bonchev–Trinajstić information content (AvgIpc) is 3.23. The lowest BCUT2D eigenvalue weighted by Gasteiger charge is -2.32. The Labute approximate surface area is 187 Å². The molecule has 166 valence electrons. The molecule has 7 nitrogen and oxygen atoms in total. The highest BCUT2D eigenvalue weighted by Crippen LogP contribution is 2.29. The number of aromatic amines is 1. The third-order valence-electron chi connectivity index (χ3n) is 6.32.